The van der Waals surface area contributed by atoms with Crippen LogP contribution in [0.3, 0.4) is 0 Å². The van der Waals surface area contributed by atoms with Crippen LogP contribution in [0.4, 0.5) is 4.79 Å². The van der Waals surface area contributed by atoms with Crippen molar-refractivity contribution < 1.29 is 28.6 Å². The second-order valence-corrected chi connectivity index (χ2v) is 5.18. The molecule has 1 aromatic rings. The third-order valence-corrected chi connectivity index (χ3v) is 3.49. The Kier molecular flexibility index (Phi) is 6.88. The van der Waals surface area contributed by atoms with E-state index in [9.17, 15) is 14.4 Å². The van der Waals surface area contributed by atoms with Crippen LogP contribution in [0.25, 0.3) is 0 Å². The number of benzene rings is 1. The molecule has 0 radical (unpaired) electrons. The predicted molar refractivity (Wildman–Crippen MR) is 89.5 cm³/mol. The summed E-state index contributed by atoms with van der Waals surface area (Å²) < 4.78 is 14.0. The SMILES string of the molecule is COC(=O)OCCOC(=O)C1=C(CC(=O)c2ccccc2)N=CCC1. The Morgan fingerprint density at radius 2 is 1.80 bits per heavy atom. The quantitative estimate of drug-likeness (QED) is 0.429. The zero-order valence-electron chi connectivity index (χ0n) is 13.9. The summed E-state index contributed by atoms with van der Waals surface area (Å²) in [4.78, 5) is 39.5. The van der Waals surface area contributed by atoms with Crippen LogP contribution in [0.2, 0.25) is 0 Å². The number of esters is 1. The molecule has 0 unspecified atom stereocenters. The van der Waals surface area contributed by atoms with Crippen molar-refractivity contribution in [1.82, 2.24) is 0 Å². The van der Waals surface area contributed by atoms with Gasteiger partial charge < -0.3 is 14.2 Å². The minimum Gasteiger partial charge on any atom is -0.459 e. The highest BCUT2D eigenvalue weighted by Gasteiger charge is 2.21. The van der Waals surface area contributed by atoms with Crippen LogP contribution in [0.15, 0.2) is 46.6 Å². The van der Waals surface area contributed by atoms with Crippen LogP contribution in [0, 0.1) is 0 Å². The largest absolute Gasteiger partial charge is 0.508 e. The summed E-state index contributed by atoms with van der Waals surface area (Å²) in [5, 5.41) is 0. The van der Waals surface area contributed by atoms with E-state index in [-0.39, 0.29) is 25.4 Å². The molecule has 132 valence electrons. The Hall–Kier alpha value is -2.96. The van der Waals surface area contributed by atoms with Gasteiger partial charge in [0.1, 0.15) is 13.2 Å². The summed E-state index contributed by atoms with van der Waals surface area (Å²) in [6, 6.07) is 8.83. The Bertz CT molecular complexity index is 693. The number of carbonyl (C=O) groups excluding carboxylic acids is 3. The topological polar surface area (TPSA) is 91.3 Å². The van der Waals surface area contributed by atoms with Gasteiger partial charge in [0.2, 0.25) is 0 Å². The zero-order valence-corrected chi connectivity index (χ0v) is 13.9. The second-order valence-electron chi connectivity index (χ2n) is 5.18. The smallest absolute Gasteiger partial charge is 0.459 e. The van der Waals surface area contributed by atoms with Gasteiger partial charge in [-0.15, -0.1) is 0 Å². The Labute approximate surface area is 145 Å². The highest BCUT2D eigenvalue weighted by Crippen LogP contribution is 2.22. The van der Waals surface area contributed by atoms with Gasteiger partial charge in [-0.2, -0.15) is 0 Å². The maximum absolute atomic E-state index is 12.3. The summed E-state index contributed by atoms with van der Waals surface area (Å²) >= 11 is 0. The number of allylic oxidation sites excluding steroid dienone is 1. The molecule has 0 N–H and O–H groups in total. The van der Waals surface area contributed by atoms with Crippen LogP contribution >= 0.6 is 0 Å². The van der Waals surface area contributed by atoms with Crippen molar-refractivity contribution in [3.63, 3.8) is 0 Å². The van der Waals surface area contributed by atoms with E-state index in [2.05, 4.69) is 14.5 Å². The molecule has 0 saturated heterocycles. The van der Waals surface area contributed by atoms with Gasteiger partial charge in [0, 0.05) is 11.8 Å². The van der Waals surface area contributed by atoms with E-state index in [1.54, 1.807) is 30.5 Å². The highest BCUT2D eigenvalue weighted by atomic mass is 16.7. The summed E-state index contributed by atoms with van der Waals surface area (Å²) in [6.07, 6.45) is 1.93. The molecular weight excluding hydrogens is 326 g/mol. The molecule has 0 bridgehead atoms. The number of aliphatic imine (C=N–C) groups is 1. The number of nitrogens with zero attached hydrogens (tertiary/aromatic N) is 1. The summed E-state index contributed by atoms with van der Waals surface area (Å²) in [5.41, 5.74) is 1.36. The number of rotatable bonds is 7. The molecule has 1 aromatic carbocycles. The van der Waals surface area contributed by atoms with E-state index >= 15 is 0 Å². The first-order chi connectivity index (χ1) is 12.1. The molecule has 7 nitrogen and oxygen atoms in total. The number of methoxy groups -OCH3 is 1. The van der Waals surface area contributed by atoms with Crippen LogP contribution in [-0.2, 0) is 19.0 Å². The average Bonchev–Trinajstić information content (AvgIpc) is 2.65. The molecule has 0 spiro atoms. The van der Waals surface area contributed by atoms with Gasteiger partial charge >= 0.3 is 12.1 Å². The molecule has 0 aliphatic carbocycles. The first-order valence-corrected chi connectivity index (χ1v) is 7.82. The van der Waals surface area contributed by atoms with Crippen molar-refractivity contribution in [3.8, 4) is 0 Å². The maximum Gasteiger partial charge on any atom is 0.508 e. The zero-order chi connectivity index (χ0) is 18.1. The standard InChI is InChI=1S/C18H19NO6/c1-23-18(22)25-11-10-24-17(21)14-8-5-9-19-15(14)12-16(20)13-6-3-2-4-7-13/h2-4,6-7,9H,5,8,10-12H2,1H3. The minimum absolute atomic E-state index is 0.0314. The van der Waals surface area contributed by atoms with Crippen molar-refractivity contribution in [3.05, 3.63) is 47.2 Å². The van der Waals surface area contributed by atoms with Gasteiger partial charge in [-0.25, -0.2) is 9.59 Å². The Morgan fingerprint density at radius 3 is 2.52 bits per heavy atom. The van der Waals surface area contributed by atoms with Gasteiger partial charge in [0.15, 0.2) is 5.78 Å². The van der Waals surface area contributed by atoms with Gasteiger partial charge in [0.05, 0.1) is 24.8 Å². The van der Waals surface area contributed by atoms with Crippen LogP contribution in [0.5, 0.6) is 0 Å². The molecule has 0 saturated carbocycles. The molecule has 25 heavy (non-hydrogen) atoms. The molecule has 1 aliphatic rings. The third-order valence-electron chi connectivity index (χ3n) is 3.49. The minimum atomic E-state index is -0.841. The Balaban J connectivity index is 1.97. The molecule has 0 amide bonds. The summed E-state index contributed by atoms with van der Waals surface area (Å²) in [6.45, 7) is -0.200. The number of ether oxygens (including phenoxy) is 3. The fourth-order valence-electron chi connectivity index (χ4n) is 2.26. The van der Waals surface area contributed by atoms with E-state index < -0.39 is 12.1 Å². The van der Waals surface area contributed by atoms with E-state index in [0.717, 1.165) is 0 Å². The fraction of sp³-hybridized carbons (Fsp3) is 0.333. The molecule has 0 atom stereocenters. The van der Waals surface area contributed by atoms with Crippen molar-refractivity contribution in [1.29, 1.82) is 0 Å². The van der Waals surface area contributed by atoms with Gasteiger partial charge in [0.25, 0.3) is 0 Å². The lowest BCUT2D eigenvalue weighted by atomic mass is 10.00. The normalized spacial score (nSPS) is 13.3. The first-order valence-electron chi connectivity index (χ1n) is 7.82. The van der Waals surface area contributed by atoms with Crippen molar-refractivity contribution in [2.45, 2.75) is 19.3 Å². The average molecular weight is 345 g/mol. The van der Waals surface area contributed by atoms with Crippen LogP contribution in [-0.4, -0.2) is 44.4 Å². The number of hydrogen-bond donors (Lipinski definition) is 0. The lowest BCUT2D eigenvalue weighted by Crippen LogP contribution is -2.18. The molecule has 0 aromatic heterocycles. The van der Waals surface area contributed by atoms with Gasteiger partial charge in [-0.05, 0) is 12.8 Å². The van der Waals surface area contributed by atoms with E-state index in [4.69, 9.17) is 4.74 Å². The summed E-state index contributed by atoms with van der Waals surface area (Å²) in [7, 11) is 1.19. The van der Waals surface area contributed by atoms with Crippen LogP contribution in [0.1, 0.15) is 29.6 Å². The molecule has 1 heterocycles. The second kappa shape index (κ2) is 9.36. The monoisotopic (exact) mass is 345 g/mol. The lowest BCUT2D eigenvalue weighted by Gasteiger charge is -2.14. The number of hydrogen-bond acceptors (Lipinski definition) is 7. The lowest BCUT2D eigenvalue weighted by molar-refractivity contribution is -0.140. The van der Waals surface area contributed by atoms with Crippen LogP contribution < -0.4 is 0 Å². The number of ketones is 1. The number of carbonyl (C=O) groups is 3. The van der Waals surface area contributed by atoms with Crippen molar-refractivity contribution >= 4 is 24.1 Å². The molecular formula is C18H19NO6. The Morgan fingerprint density at radius 1 is 1.08 bits per heavy atom. The fourth-order valence-corrected chi connectivity index (χ4v) is 2.26. The summed E-state index contributed by atoms with van der Waals surface area (Å²) in [5.74, 6) is -0.671. The van der Waals surface area contributed by atoms with E-state index in [1.165, 1.54) is 7.11 Å². The van der Waals surface area contributed by atoms with Crippen molar-refractivity contribution in [2.75, 3.05) is 20.3 Å². The van der Waals surface area contributed by atoms with Crippen molar-refractivity contribution in [2.24, 2.45) is 4.99 Å². The maximum atomic E-state index is 12.3. The first kappa shape index (κ1) is 18.4. The molecule has 2 rings (SSSR count). The predicted octanol–water partition coefficient (Wildman–Crippen LogP) is 2.70. The third kappa shape index (κ3) is 5.56. The molecule has 7 heteroatoms. The highest BCUT2D eigenvalue weighted by molar-refractivity contribution is 5.99. The van der Waals surface area contributed by atoms with Gasteiger partial charge in [-0.3, -0.25) is 9.79 Å². The number of Topliss-reactive ketones (excluding diaryl/α,β-unsaturated/α-hetero) is 1. The molecule has 0 fully saturated rings. The van der Waals surface area contributed by atoms with E-state index in [0.29, 0.717) is 29.7 Å². The van der Waals surface area contributed by atoms with Gasteiger partial charge in [-0.1, -0.05) is 30.3 Å². The van der Waals surface area contributed by atoms with E-state index in [1.807, 2.05) is 6.07 Å². The molecule has 1 aliphatic heterocycles.